The first-order chi connectivity index (χ1) is 12.8. The minimum Gasteiger partial charge on any atom is -0.443 e. The van der Waals surface area contributed by atoms with Crippen molar-refractivity contribution in [1.29, 1.82) is 0 Å². The minimum atomic E-state index is -3.51. The molecule has 0 aliphatic heterocycles. The van der Waals surface area contributed by atoms with Crippen molar-refractivity contribution in [2.45, 2.75) is 72.4 Å². The lowest BCUT2D eigenvalue weighted by Gasteiger charge is -2.24. The predicted octanol–water partition coefficient (Wildman–Crippen LogP) is 6.73. The van der Waals surface area contributed by atoms with Gasteiger partial charge in [0.2, 0.25) is 0 Å². The minimum absolute atomic E-state index is 0.0577. The van der Waals surface area contributed by atoms with Crippen molar-refractivity contribution >= 4 is 40.5 Å². The highest BCUT2D eigenvalue weighted by Crippen LogP contribution is 2.55. The summed E-state index contributed by atoms with van der Waals surface area (Å²) < 4.78 is 32.6. The van der Waals surface area contributed by atoms with E-state index in [1.165, 1.54) is 4.57 Å². The second-order valence-electron chi connectivity index (χ2n) is 8.17. The van der Waals surface area contributed by atoms with E-state index in [0.717, 1.165) is 5.39 Å². The van der Waals surface area contributed by atoms with Gasteiger partial charge in [0, 0.05) is 9.86 Å². The quantitative estimate of drug-likeness (QED) is 0.435. The number of carbonyl (C=O) groups is 1. The van der Waals surface area contributed by atoms with Gasteiger partial charge in [-0.2, -0.15) is 0 Å². The van der Waals surface area contributed by atoms with Crippen LogP contribution in [0.4, 0.5) is 4.79 Å². The van der Waals surface area contributed by atoms with E-state index in [-0.39, 0.29) is 18.4 Å². The highest BCUT2D eigenvalue weighted by atomic mass is 79.9. The van der Waals surface area contributed by atoms with Crippen LogP contribution < -0.4 is 0 Å². The van der Waals surface area contributed by atoms with Gasteiger partial charge in [-0.25, -0.2) is 9.36 Å². The first-order valence-corrected chi connectivity index (χ1v) is 11.8. The second-order valence-corrected chi connectivity index (χ2v) is 10.9. The number of aromatic nitrogens is 1. The van der Waals surface area contributed by atoms with Gasteiger partial charge in [-0.1, -0.05) is 18.2 Å². The van der Waals surface area contributed by atoms with Crippen LogP contribution in [0.15, 0.2) is 28.7 Å². The first-order valence-electron chi connectivity index (χ1n) is 9.30. The van der Waals surface area contributed by atoms with E-state index < -0.39 is 19.3 Å². The Morgan fingerprint density at radius 2 is 1.64 bits per heavy atom. The number of fused-ring (bicyclic) bond motifs is 1. The highest BCUT2D eigenvalue weighted by molar-refractivity contribution is 9.10. The van der Waals surface area contributed by atoms with Gasteiger partial charge in [0.1, 0.15) is 5.60 Å². The molecule has 2 rings (SSSR count). The Labute approximate surface area is 175 Å². The average molecular weight is 474 g/mol. The van der Waals surface area contributed by atoms with Crippen LogP contribution in [0.1, 0.15) is 54.2 Å². The average Bonchev–Trinajstić information content (AvgIpc) is 2.76. The van der Waals surface area contributed by atoms with Crippen molar-refractivity contribution in [2.75, 3.05) is 0 Å². The summed E-state index contributed by atoms with van der Waals surface area (Å²) in [4.78, 5) is 13.0. The molecular weight excluding hydrogens is 445 g/mol. The number of para-hydroxylation sites is 1. The third-order valence-corrected chi connectivity index (χ3v) is 6.62. The van der Waals surface area contributed by atoms with Crippen molar-refractivity contribution in [1.82, 2.24) is 4.57 Å². The number of carbonyl (C=O) groups excluding carboxylic acids is 1. The van der Waals surface area contributed by atoms with Gasteiger partial charge in [0.25, 0.3) is 0 Å². The fraction of sp³-hybridized carbons (Fsp3) is 0.550. The Hall–Kier alpha value is -1.14. The lowest BCUT2D eigenvalue weighted by molar-refractivity contribution is 0.0541. The van der Waals surface area contributed by atoms with Crippen molar-refractivity contribution in [3.63, 3.8) is 0 Å². The molecule has 0 radical (unpaired) electrons. The summed E-state index contributed by atoms with van der Waals surface area (Å²) in [5, 5.41) is 0.823. The predicted molar refractivity (Wildman–Crippen MR) is 115 cm³/mol. The molecule has 1 aromatic heterocycles. The molecule has 1 aromatic carbocycles. The largest absolute Gasteiger partial charge is 0.443 e. The number of benzene rings is 1. The Morgan fingerprint density at radius 3 is 2.14 bits per heavy atom. The fourth-order valence-corrected chi connectivity index (χ4v) is 5.85. The molecular formula is C20H29BrNO5P. The van der Waals surface area contributed by atoms with E-state index in [1.807, 2.05) is 24.3 Å². The molecule has 0 amide bonds. The maximum atomic E-state index is 13.5. The van der Waals surface area contributed by atoms with Crippen LogP contribution in [-0.2, 0) is 24.5 Å². The topological polar surface area (TPSA) is 66.8 Å². The van der Waals surface area contributed by atoms with Gasteiger partial charge in [0.05, 0.1) is 29.6 Å². The summed E-state index contributed by atoms with van der Waals surface area (Å²) >= 11 is 3.57. The summed E-state index contributed by atoms with van der Waals surface area (Å²) in [6.45, 7) is 12.6. The number of rotatable bonds is 6. The zero-order valence-electron chi connectivity index (χ0n) is 17.5. The Kier molecular flexibility index (Phi) is 7.19. The van der Waals surface area contributed by atoms with Gasteiger partial charge in [-0.15, -0.1) is 0 Å². The molecule has 1 heterocycles. The van der Waals surface area contributed by atoms with E-state index in [1.54, 1.807) is 48.5 Å². The molecule has 0 fully saturated rings. The normalized spacial score (nSPS) is 12.9. The van der Waals surface area contributed by atoms with Crippen LogP contribution in [0.5, 0.6) is 0 Å². The van der Waals surface area contributed by atoms with E-state index in [0.29, 0.717) is 15.7 Å². The lowest BCUT2D eigenvalue weighted by Crippen LogP contribution is -2.28. The molecule has 0 aliphatic rings. The van der Waals surface area contributed by atoms with Gasteiger partial charge < -0.3 is 13.8 Å². The lowest BCUT2D eigenvalue weighted by atomic mass is 10.2. The van der Waals surface area contributed by atoms with Gasteiger partial charge in [-0.3, -0.25) is 4.57 Å². The number of hydrogen-bond donors (Lipinski definition) is 0. The summed E-state index contributed by atoms with van der Waals surface area (Å²) in [7, 11) is -3.51. The number of nitrogens with zero attached hydrogens (tertiary/aromatic N) is 1. The van der Waals surface area contributed by atoms with Gasteiger partial charge >= 0.3 is 13.7 Å². The van der Waals surface area contributed by atoms with Crippen LogP contribution in [0.25, 0.3) is 10.9 Å². The molecule has 2 aromatic rings. The zero-order valence-corrected chi connectivity index (χ0v) is 20.0. The summed E-state index contributed by atoms with van der Waals surface area (Å²) in [6.07, 6.45) is -1.17. The van der Waals surface area contributed by atoms with Crippen molar-refractivity contribution in [2.24, 2.45) is 0 Å². The van der Waals surface area contributed by atoms with Crippen LogP contribution >= 0.6 is 23.5 Å². The molecule has 0 saturated heterocycles. The smallest absolute Gasteiger partial charge is 0.419 e. The maximum Gasteiger partial charge on any atom is 0.419 e. The summed E-state index contributed by atoms with van der Waals surface area (Å²) in [5.41, 5.74) is 0.498. The first kappa shape index (κ1) is 23.1. The van der Waals surface area contributed by atoms with Crippen molar-refractivity contribution in [3.05, 3.63) is 34.4 Å². The molecule has 0 N–H and O–H groups in total. The molecule has 0 bridgehead atoms. The third kappa shape index (κ3) is 5.69. The van der Waals surface area contributed by atoms with Crippen LogP contribution in [0.2, 0.25) is 0 Å². The van der Waals surface area contributed by atoms with E-state index >= 15 is 0 Å². The summed E-state index contributed by atoms with van der Waals surface area (Å²) in [6, 6.07) is 7.44. The zero-order chi connectivity index (χ0) is 21.3. The molecule has 0 spiro atoms. The summed E-state index contributed by atoms with van der Waals surface area (Å²) in [5.74, 6) is 0. The van der Waals surface area contributed by atoms with E-state index in [2.05, 4.69) is 15.9 Å². The monoisotopic (exact) mass is 473 g/mol. The van der Waals surface area contributed by atoms with Gasteiger partial charge in [0.15, 0.2) is 0 Å². The Morgan fingerprint density at radius 1 is 1.11 bits per heavy atom. The number of ether oxygens (including phenoxy) is 1. The maximum absolute atomic E-state index is 13.5. The number of halogens is 1. The molecule has 6 nitrogen and oxygen atoms in total. The SMILES string of the molecule is CC(C)OP(=O)(Cc1c(Br)c2ccccc2n1C(=O)OC(C)(C)C)OC(C)C. The number of hydrogen-bond acceptors (Lipinski definition) is 5. The van der Waals surface area contributed by atoms with Crippen molar-refractivity contribution < 1.29 is 23.1 Å². The second kappa shape index (κ2) is 8.70. The van der Waals surface area contributed by atoms with Crippen LogP contribution in [0.3, 0.4) is 0 Å². The van der Waals surface area contributed by atoms with Crippen LogP contribution in [-0.4, -0.2) is 28.5 Å². The molecule has 8 heteroatoms. The molecule has 0 atom stereocenters. The fourth-order valence-electron chi connectivity index (χ4n) is 2.83. The Bertz CT molecular complexity index is 884. The molecule has 0 unspecified atom stereocenters. The molecule has 156 valence electrons. The van der Waals surface area contributed by atoms with Crippen molar-refractivity contribution in [3.8, 4) is 0 Å². The molecule has 28 heavy (non-hydrogen) atoms. The standard InChI is InChI=1S/C20H29BrNO5P/c1-13(2)26-28(24,27-14(3)4)12-17-18(21)15-10-8-9-11-16(15)22(17)19(23)25-20(5,6)7/h8-11,13-14H,12H2,1-7H3. The Balaban J connectivity index is 2.62. The molecule has 0 saturated carbocycles. The molecule has 0 aliphatic carbocycles. The van der Waals surface area contributed by atoms with E-state index in [9.17, 15) is 9.36 Å². The van der Waals surface area contributed by atoms with Crippen LogP contribution in [0, 0.1) is 0 Å². The van der Waals surface area contributed by atoms with Gasteiger partial charge in [-0.05, 0) is 70.5 Å². The van der Waals surface area contributed by atoms with E-state index in [4.69, 9.17) is 13.8 Å². The highest BCUT2D eigenvalue weighted by Gasteiger charge is 2.34. The third-order valence-electron chi connectivity index (χ3n) is 3.57.